The Balaban J connectivity index is 2.04. The Labute approximate surface area is 118 Å². The molecule has 3 unspecified atom stereocenters. The normalized spacial score (nSPS) is 30.9. The lowest BCUT2D eigenvalue weighted by atomic mass is 9.83. The van der Waals surface area contributed by atoms with E-state index in [1.807, 2.05) is 0 Å². The molecule has 3 nitrogen and oxygen atoms in total. The molecule has 1 heterocycles. The third-order valence-electron chi connectivity index (χ3n) is 5.02. The maximum absolute atomic E-state index is 12.6. The SMILES string of the molecule is CCCC1NC(CC)N(C(C)C2CCCCC2)C1=O. The van der Waals surface area contributed by atoms with Crippen molar-refractivity contribution in [1.82, 2.24) is 10.2 Å². The van der Waals surface area contributed by atoms with Gasteiger partial charge in [-0.15, -0.1) is 0 Å². The smallest absolute Gasteiger partial charge is 0.241 e. The molecular formula is C16H30N2O. The van der Waals surface area contributed by atoms with Gasteiger partial charge >= 0.3 is 0 Å². The van der Waals surface area contributed by atoms with Crippen LogP contribution in [0.4, 0.5) is 0 Å². The molecule has 19 heavy (non-hydrogen) atoms. The molecule has 1 saturated heterocycles. The van der Waals surface area contributed by atoms with Crippen LogP contribution in [0.15, 0.2) is 0 Å². The monoisotopic (exact) mass is 266 g/mol. The zero-order valence-corrected chi connectivity index (χ0v) is 12.8. The largest absolute Gasteiger partial charge is 0.323 e. The van der Waals surface area contributed by atoms with E-state index in [2.05, 4.69) is 31.0 Å². The van der Waals surface area contributed by atoms with E-state index >= 15 is 0 Å². The zero-order valence-electron chi connectivity index (χ0n) is 12.8. The fourth-order valence-corrected chi connectivity index (χ4v) is 3.86. The molecule has 1 aliphatic carbocycles. The van der Waals surface area contributed by atoms with Crippen molar-refractivity contribution in [3.63, 3.8) is 0 Å². The minimum atomic E-state index is 0.0704. The predicted molar refractivity (Wildman–Crippen MR) is 78.8 cm³/mol. The third-order valence-corrected chi connectivity index (χ3v) is 5.02. The summed E-state index contributed by atoms with van der Waals surface area (Å²) in [6.07, 6.45) is 10.0. The minimum absolute atomic E-state index is 0.0704. The van der Waals surface area contributed by atoms with Crippen LogP contribution in [0, 0.1) is 5.92 Å². The molecule has 110 valence electrons. The molecule has 1 amide bonds. The van der Waals surface area contributed by atoms with Crippen molar-refractivity contribution in [2.45, 2.75) is 90.4 Å². The first-order chi connectivity index (χ1) is 9.19. The molecule has 0 radical (unpaired) electrons. The molecule has 1 saturated carbocycles. The number of hydrogen-bond acceptors (Lipinski definition) is 2. The van der Waals surface area contributed by atoms with Crippen LogP contribution >= 0.6 is 0 Å². The number of nitrogens with zero attached hydrogens (tertiary/aromatic N) is 1. The van der Waals surface area contributed by atoms with Crippen molar-refractivity contribution in [3.8, 4) is 0 Å². The first-order valence-corrected chi connectivity index (χ1v) is 8.27. The number of carbonyl (C=O) groups is 1. The van der Waals surface area contributed by atoms with Gasteiger partial charge in [-0.25, -0.2) is 0 Å². The number of nitrogens with one attached hydrogen (secondary N) is 1. The van der Waals surface area contributed by atoms with E-state index in [0.717, 1.165) is 19.3 Å². The molecular weight excluding hydrogens is 236 g/mol. The van der Waals surface area contributed by atoms with Crippen LogP contribution in [0.25, 0.3) is 0 Å². The van der Waals surface area contributed by atoms with Crippen LogP contribution in [-0.2, 0) is 4.79 Å². The third kappa shape index (κ3) is 3.13. The highest BCUT2D eigenvalue weighted by Crippen LogP contribution is 2.32. The number of rotatable bonds is 5. The summed E-state index contributed by atoms with van der Waals surface area (Å²) in [4.78, 5) is 14.8. The van der Waals surface area contributed by atoms with Crippen LogP contribution in [0.5, 0.6) is 0 Å². The van der Waals surface area contributed by atoms with Gasteiger partial charge in [-0.3, -0.25) is 10.1 Å². The van der Waals surface area contributed by atoms with Gasteiger partial charge in [0.05, 0.1) is 12.2 Å². The number of carbonyl (C=O) groups excluding carboxylic acids is 1. The molecule has 1 N–H and O–H groups in total. The van der Waals surface area contributed by atoms with Gasteiger partial charge in [0.15, 0.2) is 0 Å². The molecule has 0 aromatic carbocycles. The van der Waals surface area contributed by atoms with Gasteiger partial charge in [-0.05, 0) is 38.5 Å². The van der Waals surface area contributed by atoms with E-state index in [0.29, 0.717) is 17.9 Å². The molecule has 0 spiro atoms. The first kappa shape index (κ1) is 14.8. The predicted octanol–water partition coefficient (Wildman–Crippen LogP) is 3.29. The topological polar surface area (TPSA) is 32.3 Å². The van der Waals surface area contributed by atoms with Crippen LogP contribution in [-0.4, -0.2) is 29.1 Å². The van der Waals surface area contributed by atoms with Crippen molar-refractivity contribution in [2.24, 2.45) is 5.92 Å². The Morgan fingerprint density at radius 1 is 1.26 bits per heavy atom. The highest BCUT2D eigenvalue weighted by Gasteiger charge is 2.41. The van der Waals surface area contributed by atoms with Gasteiger partial charge in [-0.1, -0.05) is 39.5 Å². The fraction of sp³-hybridized carbons (Fsp3) is 0.938. The van der Waals surface area contributed by atoms with E-state index in [1.165, 1.54) is 32.1 Å². The van der Waals surface area contributed by atoms with E-state index in [-0.39, 0.29) is 12.2 Å². The van der Waals surface area contributed by atoms with Crippen molar-refractivity contribution >= 4 is 5.91 Å². The summed E-state index contributed by atoms with van der Waals surface area (Å²) >= 11 is 0. The second kappa shape index (κ2) is 6.74. The first-order valence-electron chi connectivity index (χ1n) is 8.27. The van der Waals surface area contributed by atoms with Crippen LogP contribution in [0.3, 0.4) is 0 Å². The summed E-state index contributed by atoms with van der Waals surface area (Å²) in [6.45, 7) is 6.61. The van der Waals surface area contributed by atoms with E-state index in [4.69, 9.17) is 0 Å². The highest BCUT2D eigenvalue weighted by molar-refractivity contribution is 5.84. The maximum atomic E-state index is 12.6. The van der Waals surface area contributed by atoms with Crippen LogP contribution in [0.2, 0.25) is 0 Å². The average molecular weight is 266 g/mol. The van der Waals surface area contributed by atoms with Gasteiger partial charge in [0, 0.05) is 6.04 Å². The highest BCUT2D eigenvalue weighted by atomic mass is 16.2. The van der Waals surface area contributed by atoms with Gasteiger partial charge < -0.3 is 4.90 Å². The van der Waals surface area contributed by atoms with Gasteiger partial charge in [0.1, 0.15) is 0 Å². The van der Waals surface area contributed by atoms with E-state index in [9.17, 15) is 4.79 Å². The zero-order chi connectivity index (χ0) is 13.8. The molecule has 2 fully saturated rings. The standard InChI is InChI=1S/C16H30N2O/c1-4-9-14-16(19)18(15(5-2)17-14)12(3)13-10-7-6-8-11-13/h12-15,17H,4-11H2,1-3H3. The summed E-state index contributed by atoms with van der Waals surface area (Å²) in [6, 6.07) is 0.480. The summed E-state index contributed by atoms with van der Waals surface area (Å²) in [5, 5.41) is 3.54. The Bertz CT molecular complexity index is 299. The molecule has 2 rings (SSSR count). The Morgan fingerprint density at radius 2 is 1.95 bits per heavy atom. The van der Waals surface area contributed by atoms with Crippen LogP contribution < -0.4 is 5.32 Å². The second-order valence-electron chi connectivity index (χ2n) is 6.32. The summed E-state index contributed by atoms with van der Waals surface area (Å²) in [7, 11) is 0. The van der Waals surface area contributed by atoms with E-state index < -0.39 is 0 Å². The lowest BCUT2D eigenvalue weighted by Gasteiger charge is -2.37. The maximum Gasteiger partial charge on any atom is 0.241 e. The van der Waals surface area contributed by atoms with Gasteiger partial charge in [0.25, 0.3) is 0 Å². The number of hydrogen-bond donors (Lipinski definition) is 1. The molecule has 2 aliphatic rings. The molecule has 3 heteroatoms. The van der Waals surface area contributed by atoms with Gasteiger partial charge in [-0.2, -0.15) is 0 Å². The molecule has 0 bridgehead atoms. The fourth-order valence-electron chi connectivity index (χ4n) is 3.86. The van der Waals surface area contributed by atoms with Crippen molar-refractivity contribution in [1.29, 1.82) is 0 Å². The van der Waals surface area contributed by atoms with Gasteiger partial charge in [0.2, 0.25) is 5.91 Å². The lowest BCUT2D eigenvalue weighted by Crippen LogP contribution is -2.46. The number of amides is 1. The summed E-state index contributed by atoms with van der Waals surface area (Å²) < 4.78 is 0. The molecule has 1 aliphatic heterocycles. The quantitative estimate of drug-likeness (QED) is 0.828. The van der Waals surface area contributed by atoms with E-state index in [1.54, 1.807) is 0 Å². The van der Waals surface area contributed by atoms with Crippen molar-refractivity contribution in [2.75, 3.05) is 0 Å². The average Bonchev–Trinajstić information content (AvgIpc) is 2.76. The van der Waals surface area contributed by atoms with Crippen molar-refractivity contribution < 1.29 is 4.79 Å². The molecule has 3 atom stereocenters. The molecule has 0 aromatic heterocycles. The summed E-state index contributed by atoms with van der Waals surface area (Å²) in [5.41, 5.74) is 0. The van der Waals surface area contributed by atoms with Crippen molar-refractivity contribution in [3.05, 3.63) is 0 Å². The Hall–Kier alpha value is -0.570. The Kier molecular flexibility index (Phi) is 5.26. The minimum Gasteiger partial charge on any atom is -0.323 e. The Morgan fingerprint density at radius 3 is 2.53 bits per heavy atom. The lowest BCUT2D eigenvalue weighted by molar-refractivity contribution is -0.133. The summed E-state index contributed by atoms with van der Waals surface area (Å²) in [5.74, 6) is 1.07. The molecule has 0 aromatic rings. The van der Waals surface area contributed by atoms with Crippen LogP contribution in [0.1, 0.15) is 72.1 Å². The second-order valence-corrected chi connectivity index (χ2v) is 6.32.